The normalized spacial score (nSPS) is 25.2. The maximum atomic E-state index is 4.86. The highest BCUT2D eigenvalue weighted by molar-refractivity contribution is 5.40. The van der Waals surface area contributed by atoms with Crippen molar-refractivity contribution in [2.24, 2.45) is 0 Å². The molecule has 1 aromatic rings. The minimum Gasteiger partial charge on any atom is -0.357 e. The smallest absolute Gasteiger partial charge is 0.128 e. The molecule has 0 amide bonds. The molecule has 2 aliphatic heterocycles. The van der Waals surface area contributed by atoms with Crippen LogP contribution in [0.5, 0.6) is 0 Å². The molecular formula is C14H21N3. The molecule has 1 N–H and O–H groups in total. The van der Waals surface area contributed by atoms with Crippen molar-refractivity contribution in [3.8, 4) is 0 Å². The zero-order valence-electron chi connectivity index (χ0n) is 10.4. The molecule has 0 aliphatic carbocycles. The van der Waals surface area contributed by atoms with E-state index in [0.29, 0.717) is 5.92 Å². The van der Waals surface area contributed by atoms with Gasteiger partial charge in [-0.25, -0.2) is 4.98 Å². The fraction of sp³-hybridized carbons (Fsp3) is 0.643. The van der Waals surface area contributed by atoms with Crippen molar-refractivity contribution >= 4 is 5.82 Å². The Kier molecular flexibility index (Phi) is 3.27. The molecule has 0 radical (unpaired) electrons. The van der Waals surface area contributed by atoms with Gasteiger partial charge in [0.1, 0.15) is 5.82 Å². The summed E-state index contributed by atoms with van der Waals surface area (Å²) in [6.45, 7) is 4.62. The number of rotatable bonds is 2. The van der Waals surface area contributed by atoms with Crippen LogP contribution in [0.1, 0.15) is 37.3 Å². The van der Waals surface area contributed by atoms with Crippen molar-refractivity contribution in [2.45, 2.75) is 31.6 Å². The Morgan fingerprint density at radius 1 is 1.18 bits per heavy atom. The van der Waals surface area contributed by atoms with Gasteiger partial charge in [-0.3, -0.25) is 0 Å². The Hall–Kier alpha value is -1.09. The molecule has 0 aromatic carbocycles. The van der Waals surface area contributed by atoms with E-state index in [1.807, 2.05) is 0 Å². The van der Waals surface area contributed by atoms with Crippen LogP contribution in [-0.4, -0.2) is 31.2 Å². The molecule has 2 aliphatic rings. The zero-order valence-corrected chi connectivity index (χ0v) is 10.4. The van der Waals surface area contributed by atoms with Crippen molar-refractivity contribution in [1.29, 1.82) is 0 Å². The number of piperidine rings is 1. The van der Waals surface area contributed by atoms with Crippen LogP contribution in [0, 0.1) is 0 Å². The van der Waals surface area contributed by atoms with Crippen molar-refractivity contribution in [3.05, 3.63) is 23.9 Å². The van der Waals surface area contributed by atoms with Gasteiger partial charge in [-0.1, -0.05) is 6.07 Å². The lowest BCUT2D eigenvalue weighted by atomic mass is 9.96. The van der Waals surface area contributed by atoms with Crippen molar-refractivity contribution in [2.75, 3.05) is 31.1 Å². The molecule has 17 heavy (non-hydrogen) atoms. The second kappa shape index (κ2) is 5.05. The van der Waals surface area contributed by atoms with E-state index >= 15 is 0 Å². The molecule has 0 spiro atoms. The minimum absolute atomic E-state index is 0.617. The lowest BCUT2D eigenvalue weighted by Gasteiger charge is -2.24. The monoisotopic (exact) mass is 231 g/mol. The molecule has 3 heteroatoms. The van der Waals surface area contributed by atoms with E-state index in [1.165, 1.54) is 56.8 Å². The summed E-state index contributed by atoms with van der Waals surface area (Å²) >= 11 is 0. The van der Waals surface area contributed by atoms with E-state index in [4.69, 9.17) is 4.98 Å². The van der Waals surface area contributed by atoms with Crippen LogP contribution in [0.2, 0.25) is 0 Å². The number of anilines is 1. The molecule has 2 saturated heterocycles. The second-order valence-electron chi connectivity index (χ2n) is 5.16. The summed E-state index contributed by atoms with van der Waals surface area (Å²) in [5.74, 6) is 1.80. The van der Waals surface area contributed by atoms with Crippen molar-refractivity contribution in [3.63, 3.8) is 0 Å². The highest BCUT2D eigenvalue weighted by Gasteiger charge is 2.18. The molecule has 3 nitrogen and oxygen atoms in total. The molecule has 3 rings (SSSR count). The van der Waals surface area contributed by atoms with E-state index < -0.39 is 0 Å². The zero-order chi connectivity index (χ0) is 11.5. The van der Waals surface area contributed by atoms with E-state index in [1.54, 1.807) is 0 Å². The number of hydrogen-bond donors (Lipinski definition) is 1. The van der Waals surface area contributed by atoms with Gasteiger partial charge in [0.25, 0.3) is 0 Å². The third-order valence-electron chi connectivity index (χ3n) is 3.90. The SMILES string of the molecule is c1cc(C2CCCNC2)nc(N2CCCC2)c1. The van der Waals surface area contributed by atoms with Crippen LogP contribution >= 0.6 is 0 Å². The Bertz CT molecular complexity index is 365. The molecule has 3 heterocycles. The molecule has 1 unspecified atom stereocenters. The van der Waals surface area contributed by atoms with Crippen molar-refractivity contribution in [1.82, 2.24) is 10.3 Å². The van der Waals surface area contributed by atoms with E-state index in [0.717, 1.165) is 6.54 Å². The lowest BCUT2D eigenvalue weighted by molar-refractivity contribution is 0.454. The van der Waals surface area contributed by atoms with Gasteiger partial charge in [-0.05, 0) is 44.4 Å². The van der Waals surface area contributed by atoms with E-state index in [-0.39, 0.29) is 0 Å². The van der Waals surface area contributed by atoms with Crippen LogP contribution < -0.4 is 10.2 Å². The van der Waals surface area contributed by atoms with E-state index in [2.05, 4.69) is 28.4 Å². The van der Waals surface area contributed by atoms with Gasteiger partial charge >= 0.3 is 0 Å². The summed E-state index contributed by atoms with van der Waals surface area (Å²) in [4.78, 5) is 7.28. The summed E-state index contributed by atoms with van der Waals surface area (Å²) in [7, 11) is 0. The molecular weight excluding hydrogens is 210 g/mol. The first kappa shape index (κ1) is 11.0. The van der Waals surface area contributed by atoms with Crippen LogP contribution in [-0.2, 0) is 0 Å². The molecule has 92 valence electrons. The summed E-state index contributed by atoms with van der Waals surface area (Å²) in [6, 6.07) is 6.52. The first-order chi connectivity index (χ1) is 8.43. The second-order valence-corrected chi connectivity index (χ2v) is 5.16. The summed E-state index contributed by atoms with van der Waals surface area (Å²) in [5.41, 5.74) is 1.28. The van der Waals surface area contributed by atoms with Gasteiger partial charge in [0.2, 0.25) is 0 Å². The third kappa shape index (κ3) is 2.44. The van der Waals surface area contributed by atoms with Crippen LogP contribution in [0.3, 0.4) is 0 Å². The van der Waals surface area contributed by atoms with Gasteiger partial charge in [0, 0.05) is 31.2 Å². The Morgan fingerprint density at radius 2 is 2.06 bits per heavy atom. The van der Waals surface area contributed by atoms with Gasteiger partial charge in [-0.2, -0.15) is 0 Å². The highest BCUT2D eigenvalue weighted by atomic mass is 15.2. The quantitative estimate of drug-likeness (QED) is 0.845. The number of hydrogen-bond acceptors (Lipinski definition) is 3. The number of aromatic nitrogens is 1. The molecule has 1 atom stereocenters. The van der Waals surface area contributed by atoms with E-state index in [9.17, 15) is 0 Å². The van der Waals surface area contributed by atoms with Gasteiger partial charge in [0.15, 0.2) is 0 Å². The molecule has 0 bridgehead atoms. The third-order valence-corrected chi connectivity index (χ3v) is 3.90. The topological polar surface area (TPSA) is 28.2 Å². The summed E-state index contributed by atoms with van der Waals surface area (Å²) in [5, 5.41) is 3.47. The standard InChI is InChI=1S/C14H21N3/c1-2-10-17(9-1)14-7-3-6-13(16-14)12-5-4-8-15-11-12/h3,6-7,12,15H,1-2,4-5,8-11H2. The molecule has 2 fully saturated rings. The largest absolute Gasteiger partial charge is 0.357 e. The Morgan fingerprint density at radius 3 is 2.82 bits per heavy atom. The predicted molar refractivity (Wildman–Crippen MR) is 70.5 cm³/mol. The number of pyridine rings is 1. The predicted octanol–water partition coefficient (Wildman–Crippen LogP) is 2.15. The van der Waals surface area contributed by atoms with Gasteiger partial charge in [-0.15, -0.1) is 0 Å². The number of nitrogens with one attached hydrogen (secondary N) is 1. The van der Waals surface area contributed by atoms with Crippen molar-refractivity contribution < 1.29 is 0 Å². The molecule has 1 aromatic heterocycles. The lowest BCUT2D eigenvalue weighted by Crippen LogP contribution is -2.29. The minimum atomic E-state index is 0.617. The first-order valence-corrected chi connectivity index (χ1v) is 6.86. The summed E-state index contributed by atoms with van der Waals surface area (Å²) < 4.78 is 0. The Balaban J connectivity index is 1.77. The van der Waals surface area contributed by atoms with Gasteiger partial charge < -0.3 is 10.2 Å². The highest BCUT2D eigenvalue weighted by Crippen LogP contribution is 2.24. The van der Waals surface area contributed by atoms with Gasteiger partial charge in [0.05, 0.1) is 0 Å². The summed E-state index contributed by atoms with van der Waals surface area (Å²) in [6.07, 6.45) is 5.19. The number of nitrogens with zero attached hydrogens (tertiary/aromatic N) is 2. The fourth-order valence-corrected chi connectivity index (χ4v) is 2.89. The van der Waals surface area contributed by atoms with Crippen LogP contribution in [0.4, 0.5) is 5.82 Å². The maximum Gasteiger partial charge on any atom is 0.128 e. The van der Waals surface area contributed by atoms with Crippen LogP contribution in [0.15, 0.2) is 18.2 Å². The average Bonchev–Trinajstić information content (AvgIpc) is 2.94. The first-order valence-electron chi connectivity index (χ1n) is 6.86. The van der Waals surface area contributed by atoms with Crippen LogP contribution in [0.25, 0.3) is 0 Å². The fourth-order valence-electron chi connectivity index (χ4n) is 2.89. The molecule has 0 saturated carbocycles. The maximum absolute atomic E-state index is 4.86. The Labute approximate surface area is 103 Å². The average molecular weight is 231 g/mol.